The quantitative estimate of drug-likeness (QED) is 0.798. The summed E-state index contributed by atoms with van der Waals surface area (Å²) < 4.78 is 2.38. The van der Waals surface area contributed by atoms with Crippen LogP contribution in [-0.2, 0) is 13.1 Å². The standard InChI is InChI=1S/C15H28N2/c1-7-15(5,6)11-16-10-14-9-12(3)17(8-2)13(14)4/h9,16H,7-8,10-11H2,1-6H3. The number of aryl methyl sites for hydroxylation is 1. The van der Waals surface area contributed by atoms with Gasteiger partial charge in [-0.25, -0.2) is 0 Å². The molecular formula is C15H28N2. The van der Waals surface area contributed by atoms with Crippen molar-refractivity contribution in [2.45, 2.75) is 61.1 Å². The summed E-state index contributed by atoms with van der Waals surface area (Å²) in [5.74, 6) is 0. The van der Waals surface area contributed by atoms with Crippen LogP contribution in [0.1, 0.15) is 51.1 Å². The summed E-state index contributed by atoms with van der Waals surface area (Å²) in [6.45, 7) is 16.6. The lowest BCUT2D eigenvalue weighted by atomic mass is 9.90. The molecule has 1 N–H and O–H groups in total. The van der Waals surface area contributed by atoms with Gasteiger partial charge in [-0.1, -0.05) is 20.8 Å². The van der Waals surface area contributed by atoms with Gasteiger partial charge in [0.1, 0.15) is 0 Å². The van der Waals surface area contributed by atoms with Crippen molar-refractivity contribution in [1.29, 1.82) is 0 Å². The molecule has 0 aliphatic rings. The highest BCUT2D eigenvalue weighted by Crippen LogP contribution is 2.19. The fourth-order valence-corrected chi connectivity index (χ4v) is 2.20. The van der Waals surface area contributed by atoms with E-state index in [1.165, 1.54) is 23.4 Å². The van der Waals surface area contributed by atoms with Crippen molar-refractivity contribution in [3.8, 4) is 0 Å². The maximum atomic E-state index is 3.59. The van der Waals surface area contributed by atoms with Crippen LogP contribution in [0.15, 0.2) is 6.07 Å². The van der Waals surface area contributed by atoms with Crippen LogP contribution in [0.4, 0.5) is 0 Å². The number of nitrogens with zero attached hydrogens (tertiary/aromatic N) is 1. The van der Waals surface area contributed by atoms with E-state index in [1.54, 1.807) is 0 Å². The molecule has 0 aromatic carbocycles. The highest BCUT2D eigenvalue weighted by molar-refractivity contribution is 5.26. The SMILES string of the molecule is CCn1c(C)cc(CNCC(C)(C)CC)c1C. The molecule has 1 aromatic heterocycles. The molecule has 1 aromatic rings. The minimum Gasteiger partial charge on any atom is -0.349 e. The van der Waals surface area contributed by atoms with E-state index in [0.717, 1.165) is 19.6 Å². The number of aromatic nitrogens is 1. The lowest BCUT2D eigenvalue weighted by Gasteiger charge is -2.23. The topological polar surface area (TPSA) is 17.0 Å². The molecule has 1 rings (SSSR count). The van der Waals surface area contributed by atoms with Crippen LogP contribution < -0.4 is 5.32 Å². The molecule has 0 aliphatic heterocycles. The fourth-order valence-electron chi connectivity index (χ4n) is 2.20. The molecule has 17 heavy (non-hydrogen) atoms. The lowest BCUT2D eigenvalue weighted by Crippen LogP contribution is -2.28. The molecule has 0 unspecified atom stereocenters. The van der Waals surface area contributed by atoms with Crippen molar-refractivity contribution in [2.24, 2.45) is 5.41 Å². The van der Waals surface area contributed by atoms with Crippen LogP contribution in [0, 0.1) is 19.3 Å². The molecule has 98 valence electrons. The largest absolute Gasteiger partial charge is 0.349 e. The molecule has 0 bridgehead atoms. The van der Waals surface area contributed by atoms with E-state index in [4.69, 9.17) is 0 Å². The first-order valence-corrected chi connectivity index (χ1v) is 6.77. The Hall–Kier alpha value is -0.760. The van der Waals surface area contributed by atoms with Crippen LogP contribution >= 0.6 is 0 Å². The maximum absolute atomic E-state index is 3.59. The van der Waals surface area contributed by atoms with Gasteiger partial charge in [0, 0.05) is 31.0 Å². The highest BCUT2D eigenvalue weighted by atomic mass is 15.0. The van der Waals surface area contributed by atoms with Gasteiger partial charge < -0.3 is 9.88 Å². The zero-order chi connectivity index (χ0) is 13.1. The molecule has 2 nitrogen and oxygen atoms in total. The Morgan fingerprint density at radius 1 is 1.24 bits per heavy atom. The Labute approximate surface area is 106 Å². The second-order valence-corrected chi connectivity index (χ2v) is 5.76. The summed E-state index contributed by atoms with van der Waals surface area (Å²) in [5.41, 5.74) is 4.62. The highest BCUT2D eigenvalue weighted by Gasteiger charge is 2.14. The monoisotopic (exact) mass is 236 g/mol. The Bertz CT molecular complexity index is 361. The summed E-state index contributed by atoms with van der Waals surface area (Å²) in [6.07, 6.45) is 1.22. The summed E-state index contributed by atoms with van der Waals surface area (Å²) in [5, 5.41) is 3.59. The van der Waals surface area contributed by atoms with Crippen molar-refractivity contribution in [3.63, 3.8) is 0 Å². The zero-order valence-electron chi connectivity index (χ0n) is 12.4. The van der Waals surface area contributed by atoms with Crippen molar-refractivity contribution in [1.82, 2.24) is 9.88 Å². The first-order chi connectivity index (χ1) is 7.91. The fraction of sp³-hybridized carbons (Fsp3) is 0.733. The van der Waals surface area contributed by atoms with E-state index >= 15 is 0 Å². The van der Waals surface area contributed by atoms with Gasteiger partial charge in [-0.15, -0.1) is 0 Å². The summed E-state index contributed by atoms with van der Waals surface area (Å²) in [7, 11) is 0. The molecule has 0 fully saturated rings. The van der Waals surface area contributed by atoms with Crippen LogP contribution in [0.3, 0.4) is 0 Å². The Balaban J connectivity index is 2.59. The van der Waals surface area contributed by atoms with E-state index < -0.39 is 0 Å². The van der Waals surface area contributed by atoms with E-state index in [-0.39, 0.29) is 0 Å². The normalized spacial score (nSPS) is 12.1. The minimum absolute atomic E-state index is 0.399. The van der Waals surface area contributed by atoms with Crippen LogP contribution in [0.5, 0.6) is 0 Å². The van der Waals surface area contributed by atoms with Gasteiger partial charge in [-0.05, 0) is 44.2 Å². The van der Waals surface area contributed by atoms with Gasteiger partial charge in [0.15, 0.2) is 0 Å². The second kappa shape index (κ2) is 5.72. The van der Waals surface area contributed by atoms with Crippen molar-refractivity contribution in [3.05, 3.63) is 23.0 Å². The third-order valence-corrected chi connectivity index (χ3v) is 3.87. The summed E-state index contributed by atoms with van der Waals surface area (Å²) in [4.78, 5) is 0. The number of hydrogen-bond donors (Lipinski definition) is 1. The predicted molar refractivity (Wildman–Crippen MR) is 75.4 cm³/mol. The predicted octanol–water partition coefficient (Wildman–Crippen LogP) is 3.65. The number of rotatable bonds is 6. The van der Waals surface area contributed by atoms with Crippen LogP contribution in [0.25, 0.3) is 0 Å². The van der Waals surface area contributed by atoms with Crippen LogP contribution in [0.2, 0.25) is 0 Å². The van der Waals surface area contributed by atoms with E-state index in [1.807, 2.05) is 0 Å². The first kappa shape index (κ1) is 14.3. The molecular weight excluding hydrogens is 208 g/mol. The smallest absolute Gasteiger partial charge is 0.0223 e. The molecule has 0 atom stereocenters. The lowest BCUT2D eigenvalue weighted by molar-refractivity contribution is 0.327. The van der Waals surface area contributed by atoms with Gasteiger partial charge in [0.2, 0.25) is 0 Å². The molecule has 0 spiro atoms. The minimum atomic E-state index is 0.399. The first-order valence-electron chi connectivity index (χ1n) is 6.77. The molecule has 0 radical (unpaired) electrons. The molecule has 2 heteroatoms. The number of nitrogens with one attached hydrogen (secondary N) is 1. The van der Waals surface area contributed by atoms with Crippen molar-refractivity contribution in [2.75, 3.05) is 6.54 Å². The van der Waals surface area contributed by atoms with Gasteiger partial charge in [-0.3, -0.25) is 0 Å². The van der Waals surface area contributed by atoms with Gasteiger partial charge in [0.25, 0.3) is 0 Å². The van der Waals surface area contributed by atoms with Gasteiger partial charge in [-0.2, -0.15) is 0 Å². The molecule has 0 amide bonds. The Morgan fingerprint density at radius 3 is 2.35 bits per heavy atom. The van der Waals surface area contributed by atoms with Crippen molar-refractivity contribution < 1.29 is 0 Å². The summed E-state index contributed by atoms with van der Waals surface area (Å²) >= 11 is 0. The third-order valence-electron chi connectivity index (χ3n) is 3.87. The Kier molecular flexibility index (Phi) is 4.81. The third kappa shape index (κ3) is 3.60. The second-order valence-electron chi connectivity index (χ2n) is 5.76. The average Bonchev–Trinajstić information content (AvgIpc) is 2.54. The van der Waals surface area contributed by atoms with Gasteiger partial charge in [0.05, 0.1) is 0 Å². The maximum Gasteiger partial charge on any atom is 0.0223 e. The Morgan fingerprint density at radius 2 is 1.88 bits per heavy atom. The van der Waals surface area contributed by atoms with E-state index in [2.05, 4.69) is 57.5 Å². The van der Waals surface area contributed by atoms with Crippen LogP contribution in [-0.4, -0.2) is 11.1 Å². The average molecular weight is 236 g/mol. The molecule has 0 saturated carbocycles. The summed E-state index contributed by atoms with van der Waals surface area (Å²) in [6, 6.07) is 2.31. The van der Waals surface area contributed by atoms with Gasteiger partial charge >= 0.3 is 0 Å². The molecule has 0 saturated heterocycles. The molecule has 0 aliphatic carbocycles. The molecule has 1 heterocycles. The zero-order valence-corrected chi connectivity index (χ0v) is 12.4. The number of hydrogen-bond acceptors (Lipinski definition) is 1. The van der Waals surface area contributed by atoms with Crippen molar-refractivity contribution >= 4 is 0 Å². The van der Waals surface area contributed by atoms with E-state index in [9.17, 15) is 0 Å². The van der Waals surface area contributed by atoms with E-state index in [0.29, 0.717) is 5.41 Å².